The molecule has 3 N–H and O–H groups in total. The highest BCUT2D eigenvalue weighted by Gasteiger charge is 2.42. The molecule has 1 amide bonds. The summed E-state index contributed by atoms with van der Waals surface area (Å²) >= 11 is 0. The van der Waals surface area contributed by atoms with E-state index >= 15 is 0 Å². The molecule has 0 spiro atoms. The highest BCUT2D eigenvalue weighted by molar-refractivity contribution is 6.74. The van der Waals surface area contributed by atoms with Gasteiger partial charge in [0, 0.05) is 44.4 Å². The number of aryl methyl sites for hydroxylation is 1. The Morgan fingerprint density at radius 2 is 2.08 bits per heavy atom. The first-order chi connectivity index (χ1) is 17.8. The average Bonchev–Trinajstić information content (AvgIpc) is 3.41. The average molecular weight is 533 g/mol. The molecular formula is C27H36N8O2Si. The Bertz CT molecular complexity index is 1420. The van der Waals surface area contributed by atoms with Crippen LogP contribution in [0.25, 0.3) is 11.3 Å². The Labute approximate surface area is 225 Å². The largest absolute Gasteiger partial charge is 0.416 e. The summed E-state index contributed by atoms with van der Waals surface area (Å²) in [5.74, 6) is 0.0504. The topological polar surface area (TPSA) is 130 Å². The monoisotopic (exact) mass is 532 g/mol. The molecule has 0 unspecified atom stereocenters. The molecule has 2 aromatic heterocycles. The maximum absolute atomic E-state index is 12.3. The summed E-state index contributed by atoms with van der Waals surface area (Å²) in [6.45, 7) is 14.6. The van der Waals surface area contributed by atoms with E-state index in [1.165, 1.54) is 4.68 Å². The molecule has 1 atom stereocenters. The van der Waals surface area contributed by atoms with E-state index in [9.17, 15) is 10.1 Å². The summed E-state index contributed by atoms with van der Waals surface area (Å²) < 4.78 is 8.11. The molecule has 1 aliphatic heterocycles. The summed E-state index contributed by atoms with van der Waals surface area (Å²) in [4.78, 5) is 21.3. The van der Waals surface area contributed by atoms with Crippen LogP contribution in [0.1, 0.15) is 49.3 Å². The van der Waals surface area contributed by atoms with Crippen molar-refractivity contribution < 1.29 is 9.22 Å². The third kappa shape index (κ3) is 5.01. The Morgan fingerprint density at radius 3 is 2.74 bits per heavy atom. The minimum atomic E-state index is -1.96. The second-order valence-corrected chi connectivity index (χ2v) is 16.3. The van der Waals surface area contributed by atoms with E-state index in [0.29, 0.717) is 41.7 Å². The summed E-state index contributed by atoms with van der Waals surface area (Å²) in [6, 6.07) is 8.09. The van der Waals surface area contributed by atoms with E-state index in [2.05, 4.69) is 79.0 Å². The van der Waals surface area contributed by atoms with Crippen molar-refractivity contribution >= 4 is 31.5 Å². The summed E-state index contributed by atoms with van der Waals surface area (Å²) in [7, 11) is 1.31. The lowest BCUT2D eigenvalue weighted by atomic mass is 9.83. The quantitative estimate of drug-likeness (QED) is 0.378. The molecule has 3 heterocycles. The molecule has 1 aliphatic rings. The zero-order valence-electron chi connectivity index (χ0n) is 23.4. The molecule has 11 heteroatoms. The van der Waals surface area contributed by atoms with Crippen LogP contribution in [-0.4, -0.2) is 54.2 Å². The number of rotatable bonds is 7. The van der Waals surface area contributed by atoms with Crippen LogP contribution < -0.4 is 16.0 Å². The molecule has 38 heavy (non-hydrogen) atoms. The van der Waals surface area contributed by atoms with Crippen LogP contribution in [0.5, 0.6) is 0 Å². The van der Waals surface area contributed by atoms with Gasteiger partial charge in [0.1, 0.15) is 11.8 Å². The summed E-state index contributed by atoms with van der Waals surface area (Å²) in [5.41, 5.74) is 4.51. The highest BCUT2D eigenvalue weighted by atomic mass is 28.4. The lowest BCUT2D eigenvalue weighted by Crippen LogP contribution is -2.45. The van der Waals surface area contributed by atoms with Crippen LogP contribution in [0.15, 0.2) is 30.6 Å². The van der Waals surface area contributed by atoms with Crippen LogP contribution in [0, 0.1) is 11.3 Å². The Balaban J connectivity index is 1.68. The van der Waals surface area contributed by atoms with Gasteiger partial charge in [-0.05, 0) is 41.9 Å². The van der Waals surface area contributed by atoms with Crippen LogP contribution in [0.2, 0.25) is 18.1 Å². The van der Waals surface area contributed by atoms with E-state index in [0.717, 1.165) is 16.8 Å². The maximum atomic E-state index is 12.3. The third-order valence-electron chi connectivity index (χ3n) is 7.70. The minimum absolute atomic E-state index is 0.105. The molecule has 4 rings (SSSR count). The number of amides is 1. The molecule has 10 nitrogen and oxygen atoms in total. The number of nitrogens with one attached hydrogen (secondary N) is 3. The number of carbonyl (C=O) groups is 1. The number of hydrogen-bond acceptors (Lipinski definition) is 8. The van der Waals surface area contributed by atoms with Crippen molar-refractivity contribution in [1.82, 2.24) is 25.1 Å². The van der Waals surface area contributed by atoms with Crippen molar-refractivity contribution in [2.24, 2.45) is 7.05 Å². The molecule has 200 valence electrons. The van der Waals surface area contributed by atoms with Gasteiger partial charge in [-0.15, -0.1) is 0 Å². The van der Waals surface area contributed by atoms with E-state index in [1.54, 1.807) is 26.5 Å². The van der Waals surface area contributed by atoms with Gasteiger partial charge in [0.05, 0.1) is 28.8 Å². The van der Waals surface area contributed by atoms with E-state index in [-0.39, 0.29) is 16.4 Å². The molecule has 0 saturated carbocycles. The molecular weight excluding hydrogens is 496 g/mol. The van der Waals surface area contributed by atoms with Crippen molar-refractivity contribution in [2.75, 3.05) is 30.8 Å². The number of benzene rings is 1. The summed E-state index contributed by atoms with van der Waals surface area (Å²) in [6.07, 6.45) is 3.21. The number of carbonyl (C=O) groups excluding carboxylic acids is 1. The summed E-state index contributed by atoms with van der Waals surface area (Å²) in [5, 5.41) is 23.4. The fraction of sp³-hybridized carbons (Fsp3) is 0.444. The van der Waals surface area contributed by atoms with Gasteiger partial charge in [-0.25, -0.2) is 9.97 Å². The first-order valence-corrected chi connectivity index (χ1v) is 15.5. The zero-order chi connectivity index (χ0) is 27.9. The molecule has 3 aromatic rings. The Hall–Kier alpha value is -3.75. The van der Waals surface area contributed by atoms with Crippen LogP contribution >= 0.6 is 0 Å². The Kier molecular flexibility index (Phi) is 7.07. The van der Waals surface area contributed by atoms with Gasteiger partial charge in [-0.2, -0.15) is 10.4 Å². The molecule has 0 saturated heterocycles. The van der Waals surface area contributed by atoms with Gasteiger partial charge < -0.3 is 20.4 Å². The van der Waals surface area contributed by atoms with E-state index < -0.39 is 8.32 Å². The fourth-order valence-electron chi connectivity index (χ4n) is 4.23. The SMILES string of the molecule is CNC(=O)c1c(Nc2nccc(-c3cc(C#N)c4c(c3)[C@@](C)(CO[Si](C)(C)C(C)(C)C)CN4)n2)cnn1C. The standard InChI is InChI=1S/C27H36N8O2Si/c1-26(2,3)38(7,8)37-16-27(4)15-31-22-18(13-28)11-17(12-19(22)27)20-9-10-30-25(33-20)34-21-14-32-35(6)23(21)24(36)29-5/h9-12,14,31H,15-16H2,1-8H3,(H,29,36)(H,30,33,34)/t27-/m1/s1. The third-order valence-corrected chi connectivity index (χ3v) is 12.2. The number of fused-ring (bicyclic) bond motifs is 1. The molecule has 0 bridgehead atoms. The molecule has 1 aromatic carbocycles. The molecule has 0 fully saturated rings. The predicted octanol–water partition coefficient (Wildman–Crippen LogP) is 4.56. The van der Waals surface area contributed by atoms with E-state index in [4.69, 9.17) is 9.41 Å². The second-order valence-electron chi connectivity index (χ2n) is 11.5. The minimum Gasteiger partial charge on any atom is -0.416 e. The first-order valence-electron chi connectivity index (χ1n) is 12.6. The number of hydrogen-bond donors (Lipinski definition) is 3. The van der Waals surface area contributed by atoms with Crippen molar-refractivity contribution in [1.29, 1.82) is 5.26 Å². The molecule has 0 aliphatic carbocycles. The number of nitriles is 1. The number of anilines is 3. The predicted molar refractivity (Wildman–Crippen MR) is 151 cm³/mol. The smallest absolute Gasteiger partial charge is 0.271 e. The van der Waals surface area contributed by atoms with Gasteiger partial charge >= 0.3 is 0 Å². The normalized spacial score (nSPS) is 16.9. The van der Waals surface area contributed by atoms with Crippen LogP contribution in [-0.2, 0) is 16.9 Å². The molecule has 0 radical (unpaired) electrons. The number of aromatic nitrogens is 4. The Morgan fingerprint density at radius 1 is 1.34 bits per heavy atom. The van der Waals surface area contributed by atoms with Crippen LogP contribution in [0.3, 0.4) is 0 Å². The van der Waals surface area contributed by atoms with Gasteiger partial charge in [-0.1, -0.05) is 27.7 Å². The van der Waals surface area contributed by atoms with Gasteiger partial charge in [0.2, 0.25) is 5.95 Å². The lowest BCUT2D eigenvalue weighted by Gasteiger charge is -2.39. The van der Waals surface area contributed by atoms with Gasteiger partial charge in [0.15, 0.2) is 8.32 Å². The second kappa shape index (κ2) is 9.85. The first kappa shape index (κ1) is 27.3. The number of nitrogens with zero attached hydrogens (tertiary/aromatic N) is 5. The maximum Gasteiger partial charge on any atom is 0.271 e. The zero-order valence-corrected chi connectivity index (χ0v) is 24.4. The van der Waals surface area contributed by atoms with Gasteiger partial charge in [-0.3, -0.25) is 9.48 Å². The van der Waals surface area contributed by atoms with Crippen LogP contribution in [0.4, 0.5) is 17.3 Å². The van der Waals surface area contributed by atoms with Crippen molar-refractivity contribution in [3.63, 3.8) is 0 Å². The highest BCUT2D eigenvalue weighted by Crippen LogP contribution is 2.44. The van der Waals surface area contributed by atoms with Crippen molar-refractivity contribution in [3.8, 4) is 17.3 Å². The van der Waals surface area contributed by atoms with Gasteiger partial charge in [0.25, 0.3) is 5.91 Å². The van der Waals surface area contributed by atoms with Crippen molar-refractivity contribution in [2.45, 2.75) is 51.2 Å². The van der Waals surface area contributed by atoms with E-state index in [1.807, 2.05) is 12.1 Å². The van der Waals surface area contributed by atoms with Crippen molar-refractivity contribution in [3.05, 3.63) is 47.4 Å². The lowest BCUT2D eigenvalue weighted by molar-refractivity contribution is 0.0954. The fourth-order valence-corrected chi connectivity index (χ4v) is 5.34.